The molecule has 0 aliphatic heterocycles. The van der Waals surface area contributed by atoms with E-state index in [0.717, 1.165) is 12.8 Å². The molecule has 0 spiro atoms. The first kappa shape index (κ1) is 15.1. The molecule has 2 nitrogen and oxygen atoms in total. The van der Waals surface area contributed by atoms with E-state index in [4.69, 9.17) is 0 Å². The molecule has 0 unspecified atom stereocenters. The maximum absolute atomic E-state index is 10.6. The van der Waals surface area contributed by atoms with Crippen molar-refractivity contribution in [2.24, 2.45) is 0 Å². The van der Waals surface area contributed by atoms with Gasteiger partial charge in [0.05, 0.1) is 6.61 Å². The van der Waals surface area contributed by atoms with Crippen molar-refractivity contribution in [1.82, 2.24) is 0 Å². The summed E-state index contributed by atoms with van der Waals surface area (Å²) in [5, 5.41) is 0. The minimum absolute atomic E-state index is 0.268. The summed E-state index contributed by atoms with van der Waals surface area (Å²) in [7, 11) is 0. The SMILES string of the molecule is [CH2-]CC/C=C/C(=O)OCC.[Zn+][I]. The van der Waals surface area contributed by atoms with Crippen LogP contribution in [0.1, 0.15) is 19.8 Å². The van der Waals surface area contributed by atoms with Crippen LogP contribution in [0.15, 0.2) is 12.2 Å². The molecular formula is C8H13IO2Zn. The summed E-state index contributed by atoms with van der Waals surface area (Å²) < 4.78 is 4.64. The van der Waals surface area contributed by atoms with Crippen molar-refractivity contribution in [3.05, 3.63) is 19.1 Å². The van der Waals surface area contributed by atoms with Crippen LogP contribution in [-0.4, -0.2) is 12.6 Å². The first-order chi connectivity index (χ1) is 5.81. The Bertz CT molecular complexity index is 126. The van der Waals surface area contributed by atoms with Crippen LogP contribution in [0.3, 0.4) is 0 Å². The van der Waals surface area contributed by atoms with Gasteiger partial charge in [-0.3, -0.25) is 0 Å². The molecule has 0 amide bonds. The molecule has 12 heavy (non-hydrogen) atoms. The van der Waals surface area contributed by atoms with Crippen LogP contribution in [0.25, 0.3) is 0 Å². The number of carbonyl (C=O) groups excluding carboxylic acids is 1. The fourth-order valence-electron chi connectivity index (χ4n) is 0.488. The van der Waals surface area contributed by atoms with Crippen molar-refractivity contribution in [2.45, 2.75) is 19.8 Å². The van der Waals surface area contributed by atoms with Gasteiger partial charge in [0.15, 0.2) is 0 Å². The van der Waals surface area contributed by atoms with Crippen LogP contribution in [0.2, 0.25) is 0 Å². The predicted octanol–water partition coefficient (Wildman–Crippen LogP) is 2.60. The molecular weight excluding hydrogens is 320 g/mol. The first-order valence-corrected chi connectivity index (χ1v) is 12.8. The van der Waals surface area contributed by atoms with E-state index in [1.54, 1.807) is 13.0 Å². The van der Waals surface area contributed by atoms with Gasteiger partial charge in [0.25, 0.3) is 0 Å². The molecule has 0 aromatic rings. The molecule has 0 aliphatic carbocycles. The van der Waals surface area contributed by atoms with E-state index in [9.17, 15) is 4.79 Å². The van der Waals surface area contributed by atoms with Crippen molar-refractivity contribution in [1.29, 1.82) is 0 Å². The third-order valence-corrected chi connectivity index (χ3v) is 0.911. The van der Waals surface area contributed by atoms with Gasteiger partial charge in [0.1, 0.15) is 0 Å². The fraction of sp³-hybridized carbons (Fsp3) is 0.500. The Morgan fingerprint density at radius 2 is 2.25 bits per heavy atom. The van der Waals surface area contributed by atoms with Crippen molar-refractivity contribution in [3.63, 3.8) is 0 Å². The number of rotatable bonds is 4. The second-order valence-corrected chi connectivity index (χ2v) is 1.80. The van der Waals surface area contributed by atoms with E-state index in [1.165, 1.54) is 20.9 Å². The second-order valence-electron chi connectivity index (χ2n) is 1.80. The zero-order valence-electron chi connectivity index (χ0n) is 7.38. The molecule has 0 aromatic heterocycles. The van der Waals surface area contributed by atoms with Crippen LogP contribution >= 0.6 is 19.8 Å². The van der Waals surface area contributed by atoms with Crippen LogP contribution < -0.4 is 0 Å². The zero-order chi connectivity index (χ0) is 9.82. The number of allylic oxidation sites excluding steroid dienone is 1. The third-order valence-electron chi connectivity index (χ3n) is 0.911. The summed E-state index contributed by atoms with van der Waals surface area (Å²) in [6, 6.07) is 0. The number of esters is 1. The molecule has 4 heteroatoms. The predicted molar refractivity (Wildman–Crippen MR) is 54.4 cm³/mol. The Morgan fingerprint density at radius 1 is 1.67 bits per heavy atom. The Kier molecular flexibility index (Phi) is 17.7. The van der Waals surface area contributed by atoms with Crippen LogP contribution in [0, 0.1) is 6.92 Å². The van der Waals surface area contributed by atoms with Gasteiger partial charge in [-0.05, 0) is 6.92 Å². The Morgan fingerprint density at radius 3 is 2.67 bits per heavy atom. The fourth-order valence-corrected chi connectivity index (χ4v) is 0.488. The minimum atomic E-state index is -0.268. The summed E-state index contributed by atoms with van der Waals surface area (Å²) in [6.07, 6.45) is 4.86. The number of ether oxygens (including phenoxy) is 1. The van der Waals surface area contributed by atoms with Crippen LogP contribution in [0.4, 0.5) is 0 Å². The number of unbranched alkanes of at least 4 members (excludes halogenated alkanes) is 1. The van der Waals surface area contributed by atoms with Gasteiger partial charge >= 0.3 is 40.5 Å². The van der Waals surface area contributed by atoms with E-state index >= 15 is 0 Å². The van der Waals surface area contributed by atoms with Crippen LogP contribution in [-0.2, 0) is 24.3 Å². The van der Waals surface area contributed by atoms with Gasteiger partial charge < -0.3 is 11.7 Å². The Hall–Kier alpha value is 0.563. The van der Waals surface area contributed by atoms with E-state index < -0.39 is 0 Å². The van der Waals surface area contributed by atoms with E-state index in [0.29, 0.717) is 6.61 Å². The number of halogens is 1. The van der Waals surface area contributed by atoms with E-state index in [2.05, 4.69) is 31.4 Å². The van der Waals surface area contributed by atoms with Crippen molar-refractivity contribution in [2.75, 3.05) is 6.61 Å². The van der Waals surface area contributed by atoms with Gasteiger partial charge in [-0.25, -0.2) is 4.79 Å². The maximum atomic E-state index is 10.6. The topological polar surface area (TPSA) is 26.3 Å². The third kappa shape index (κ3) is 13.2. The Labute approximate surface area is 95.0 Å². The van der Waals surface area contributed by atoms with Gasteiger partial charge in [-0.1, -0.05) is 12.5 Å². The molecule has 0 aliphatic rings. The van der Waals surface area contributed by atoms with E-state index in [1.807, 2.05) is 0 Å². The number of hydrogen-bond donors (Lipinski definition) is 0. The van der Waals surface area contributed by atoms with Gasteiger partial charge in [0, 0.05) is 6.08 Å². The Balaban J connectivity index is 0. The molecule has 0 aromatic carbocycles. The summed E-state index contributed by atoms with van der Waals surface area (Å²) >= 11 is 3.62. The van der Waals surface area contributed by atoms with Crippen molar-refractivity contribution < 1.29 is 24.3 Å². The van der Waals surface area contributed by atoms with Crippen molar-refractivity contribution >= 4 is 25.7 Å². The first-order valence-electron chi connectivity index (χ1n) is 3.70. The van der Waals surface area contributed by atoms with Gasteiger partial charge in [-0.15, -0.1) is 0 Å². The molecule has 0 N–H and O–H groups in total. The molecule has 0 radical (unpaired) electrons. The summed E-state index contributed by atoms with van der Waals surface area (Å²) in [4.78, 5) is 10.6. The van der Waals surface area contributed by atoms with Gasteiger partial charge in [-0.2, -0.15) is 6.42 Å². The average molecular weight is 333 g/mol. The summed E-state index contributed by atoms with van der Waals surface area (Å²) in [5.74, 6) is -0.268. The second kappa shape index (κ2) is 14.1. The normalized spacial score (nSPS) is 9.08. The molecule has 66 valence electrons. The average Bonchev–Trinajstić information content (AvgIpc) is 2.09. The van der Waals surface area contributed by atoms with E-state index in [-0.39, 0.29) is 5.97 Å². The summed E-state index contributed by atoms with van der Waals surface area (Å²) in [5.41, 5.74) is 0. The van der Waals surface area contributed by atoms with Crippen molar-refractivity contribution in [3.8, 4) is 0 Å². The molecule has 0 fully saturated rings. The standard InChI is InChI=1S/C8H13O2.HI.Zn/c1-3-5-6-7-8(9)10-4-2;;/h6-7H,1,3-5H2,2H3;1H;/q-1;;+2/p-1/b7-6+;;. The molecule has 0 bridgehead atoms. The molecule has 0 atom stereocenters. The quantitative estimate of drug-likeness (QED) is 0.260. The van der Waals surface area contributed by atoms with Crippen LogP contribution in [0.5, 0.6) is 0 Å². The zero-order valence-corrected chi connectivity index (χ0v) is 12.5. The molecule has 0 saturated carbocycles. The number of carbonyl (C=O) groups is 1. The summed E-state index contributed by atoms with van der Waals surface area (Å²) in [6.45, 7) is 5.85. The number of hydrogen-bond acceptors (Lipinski definition) is 2. The van der Waals surface area contributed by atoms with Gasteiger partial charge in [0.2, 0.25) is 0 Å². The molecule has 0 heterocycles. The molecule has 0 rings (SSSR count). The molecule has 0 saturated heterocycles. The monoisotopic (exact) mass is 332 g/mol.